The van der Waals surface area contributed by atoms with Gasteiger partial charge in [0.25, 0.3) is 5.91 Å². The Morgan fingerprint density at radius 3 is 2.41 bits per heavy atom. The van der Waals surface area contributed by atoms with Gasteiger partial charge < -0.3 is 9.84 Å². The van der Waals surface area contributed by atoms with Crippen molar-refractivity contribution in [3.05, 3.63) is 23.8 Å². The van der Waals surface area contributed by atoms with Crippen LogP contribution in [0.3, 0.4) is 0 Å². The van der Waals surface area contributed by atoms with Crippen molar-refractivity contribution in [2.24, 2.45) is 0 Å². The maximum absolute atomic E-state index is 12.7. The molecular formula is C16H19NO5. The van der Waals surface area contributed by atoms with Gasteiger partial charge in [0.05, 0.1) is 5.69 Å². The Morgan fingerprint density at radius 1 is 1.27 bits per heavy atom. The zero-order valence-corrected chi connectivity index (χ0v) is 12.9. The largest absolute Gasteiger partial charge is 0.480 e. The van der Waals surface area contributed by atoms with Gasteiger partial charge in [-0.3, -0.25) is 19.3 Å². The van der Waals surface area contributed by atoms with Crippen LogP contribution in [0.2, 0.25) is 0 Å². The molecular weight excluding hydrogens is 286 g/mol. The van der Waals surface area contributed by atoms with E-state index in [0.29, 0.717) is 29.8 Å². The quantitative estimate of drug-likeness (QED) is 0.844. The summed E-state index contributed by atoms with van der Waals surface area (Å²) in [5, 5.41) is 9.10. The Balaban J connectivity index is 2.59. The van der Waals surface area contributed by atoms with Crippen LogP contribution in [0.25, 0.3) is 0 Å². The number of aliphatic carboxylic acids is 1. The summed E-state index contributed by atoms with van der Waals surface area (Å²) in [5.74, 6) is -1.23. The lowest BCUT2D eigenvalue weighted by molar-refractivity contribution is -0.141. The molecule has 1 aromatic rings. The minimum Gasteiger partial charge on any atom is -0.480 e. The normalized spacial score (nSPS) is 16.0. The molecule has 0 fully saturated rings. The lowest BCUT2D eigenvalue weighted by Gasteiger charge is -2.41. The highest BCUT2D eigenvalue weighted by molar-refractivity contribution is 6.06. The number of hydrogen-bond donors (Lipinski definition) is 1. The average molecular weight is 305 g/mol. The smallest absolute Gasteiger partial charge is 0.323 e. The number of anilines is 1. The number of carboxylic acid groups (broad SMARTS) is 1. The van der Waals surface area contributed by atoms with E-state index < -0.39 is 18.1 Å². The molecule has 1 heterocycles. The van der Waals surface area contributed by atoms with Gasteiger partial charge in [-0.25, -0.2) is 0 Å². The molecule has 0 aromatic heterocycles. The van der Waals surface area contributed by atoms with E-state index in [2.05, 4.69) is 0 Å². The molecule has 0 spiro atoms. The predicted molar refractivity (Wildman–Crippen MR) is 80.4 cm³/mol. The highest BCUT2D eigenvalue weighted by atomic mass is 16.5. The van der Waals surface area contributed by atoms with Crippen LogP contribution in [0.1, 0.15) is 44.0 Å². The molecule has 0 saturated carbocycles. The second-order valence-electron chi connectivity index (χ2n) is 5.33. The first-order valence-corrected chi connectivity index (χ1v) is 7.22. The van der Waals surface area contributed by atoms with Crippen molar-refractivity contribution in [2.45, 2.75) is 39.2 Å². The molecule has 2 rings (SSSR count). The second kappa shape index (κ2) is 5.79. The SMILES string of the molecule is CCC1(CC)Oc2ccc(C(C)=O)cc2N(CC(=O)O)C1=O. The number of nitrogens with zero attached hydrogens (tertiary/aromatic N) is 1. The summed E-state index contributed by atoms with van der Waals surface area (Å²) in [7, 11) is 0. The molecule has 0 bridgehead atoms. The molecule has 6 heteroatoms. The van der Waals surface area contributed by atoms with Gasteiger partial charge in [0.1, 0.15) is 12.3 Å². The van der Waals surface area contributed by atoms with E-state index in [1.807, 2.05) is 13.8 Å². The first-order valence-electron chi connectivity index (χ1n) is 7.22. The van der Waals surface area contributed by atoms with Crippen molar-refractivity contribution in [2.75, 3.05) is 11.4 Å². The Kier molecular flexibility index (Phi) is 4.21. The average Bonchev–Trinajstić information content (AvgIpc) is 2.49. The zero-order valence-electron chi connectivity index (χ0n) is 12.9. The minimum atomic E-state index is -1.12. The molecule has 0 radical (unpaired) electrons. The van der Waals surface area contributed by atoms with Crippen LogP contribution in [-0.4, -0.2) is 34.9 Å². The summed E-state index contributed by atoms with van der Waals surface area (Å²) in [6, 6.07) is 4.74. The van der Waals surface area contributed by atoms with Gasteiger partial charge in [-0.05, 0) is 38.0 Å². The number of carbonyl (C=O) groups excluding carboxylic acids is 2. The molecule has 1 aliphatic rings. The third-order valence-electron chi connectivity index (χ3n) is 4.03. The Morgan fingerprint density at radius 2 is 1.91 bits per heavy atom. The maximum Gasteiger partial charge on any atom is 0.323 e. The van der Waals surface area contributed by atoms with Crippen LogP contribution in [0.15, 0.2) is 18.2 Å². The van der Waals surface area contributed by atoms with Gasteiger partial charge in [0.15, 0.2) is 11.4 Å². The molecule has 1 N–H and O–H groups in total. The summed E-state index contributed by atoms with van der Waals surface area (Å²) in [6.07, 6.45) is 0.874. The lowest BCUT2D eigenvalue weighted by atomic mass is 9.92. The van der Waals surface area contributed by atoms with E-state index in [4.69, 9.17) is 9.84 Å². The van der Waals surface area contributed by atoms with Crippen LogP contribution in [0.5, 0.6) is 5.75 Å². The summed E-state index contributed by atoms with van der Waals surface area (Å²) < 4.78 is 5.88. The van der Waals surface area contributed by atoms with Gasteiger partial charge in [-0.1, -0.05) is 13.8 Å². The highest BCUT2D eigenvalue weighted by Gasteiger charge is 2.46. The number of ketones is 1. The fourth-order valence-electron chi connectivity index (χ4n) is 2.63. The topological polar surface area (TPSA) is 83.9 Å². The van der Waals surface area contributed by atoms with E-state index in [1.165, 1.54) is 17.9 Å². The Labute approximate surface area is 128 Å². The number of benzene rings is 1. The number of Topliss-reactive ketones (excluding diaryl/α,β-unsaturated/α-hetero) is 1. The number of carboxylic acids is 1. The van der Waals surface area contributed by atoms with Crippen LogP contribution in [0, 0.1) is 0 Å². The van der Waals surface area contributed by atoms with Crippen molar-refractivity contribution in [1.29, 1.82) is 0 Å². The van der Waals surface area contributed by atoms with Crippen molar-refractivity contribution in [3.8, 4) is 5.75 Å². The van der Waals surface area contributed by atoms with E-state index in [1.54, 1.807) is 12.1 Å². The Bertz CT molecular complexity index is 633. The van der Waals surface area contributed by atoms with Gasteiger partial charge in [0, 0.05) is 5.56 Å². The van der Waals surface area contributed by atoms with Crippen molar-refractivity contribution >= 4 is 23.3 Å². The summed E-state index contributed by atoms with van der Waals surface area (Å²) >= 11 is 0. The first kappa shape index (κ1) is 16.0. The van der Waals surface area contributed by atoms with Crippen LogP contribution in [-0.2, 0) is 9.59 Å². The number of hydrogen-bond acceptors (Lipinski definition) is 4. The molecule has 1 aliphatic heterocycles. The van der Waals surface area contributed by atoms with Gasteiger partial charge in [-0.2, -0.15) is 0 Å². The first-order chi connectivity index (χ1) is 10.3. The molecule has 0 atom stereocenters. The standard InChI is InChI=1S/C16H19NO5/c1-4-16(5-2)15(21)17(9-14(19)20)12-8-11(10(3)18)6-7-13(12)22-16/h6-8H,4-5,9H2,1-3H3,(H,19,20). The van der Waals surface area contributed by atoms with E-state index >= 15 is 0 Å². The third-order valence-corrected chi connectivity index (χ3v) is 4.03. The summed E-state index contributed by atoms with van der Waals surface area (Å²) in [6.45, 7) is 4.61. The third kappa shape index (κ3) is 2.56. The monoisotopic (exact) mass is 305 g/mol. The lowest BCUT2D eigenvalue weighted by Crippen LogP contribution is -2.56. The number of fused-ring (bicyclic) bond motifs is 1. The fraction of sp³-hybridized carbons (Fsp3) is 0.438. The Hall–Kier alpha value is -2.37. The molecule has 22 heavy (non-hydrogen) atoms. The fourth-order valence-corrected chi connectivity index (χ4v) is 2.63. The van der Waals surface area contributed by atoms with E-state index in [0.717, 1.165) is 0 Å². The molecule has 0 unspecified atom stereocenters. The predicted octanol–water partition coefficient (Wildman–Crippen LogP) is 2.26. The van der Waals surface area contributed by atoms with Crippen molar-refractivity contribution in [1.82, 2.24) is 0 Å². The summed E-state index contributed by atoms with van der Waals surface area (Å²) in [4.78, 5) is 36.6. The molecule has 118 valence electrons. The molecule has 1 amide bonds. The van der Waals surface area contributed by atoms with Crippen molar-refractivity contribution in [3.63, 3.8) is 0 Å². The number of carbonyl (C=O) groups is 3. The van der Waals surface area contributed by atoms with Gasteiger partial charge in [-0.15, -0.1) is 0 Å². The van der Waals surface area contributed by atoms with Crippen LogP contribution < -0.4 is 9.64 Å². The van der Waals surface area contributed by atoms with E-state index in [9.17, 15) is 14.4 Å². The van der Waals surface area contributed by atoms with E-state index in [-0.39, 0.29) is 11.7 Å². The molecule has 0 saturated heterocycles. The highest BCUT2D eigenvalue weighted by Crippen LogP contribution is 2.41. The molecule has 6 nitrogen and oxygen atoms in total. The number of rotatable bonds is 5. The molecule has 0 aliphatic carbocycles. The van der Waals surface area contributed by atoms with Crippen LogP contribution >= 0.6 is 0 Å². The zero-order chi connectivity index (χ0) is 16.5. The van der Waals surface area contributed by atoms with Crippen molar-refractivity contribution < 1.29 is 24.2 Å². The van der Waals surface area contributed by atoms with Crippen LogP contribution in [0.4, 0.5) is 5.69 Å². The summed E-state index contributed by atoms with van der Waals surface area (Å²) in [5.41, 5.74) is -0.316. The minimum absolute atomic E-state index is 0.159. The maximum atomic E-state index is 12.7. The molecule has 1 aromatic carbocycles. The van der Waals surface area contributed by atoms with Gasteiger partial charge in [0.2, 0.25) is 0 Å². The second-order valence-corrected chi connectivity index (χ2v) is 5.33. The number of amides is 1. The van der Waals surface area contributed by atoms with Gasteiger partial charge >= 0.3 is 5.97 Å². The number of ether oxygens (including phenoxy) is 1.